The topological polar surface area (TPSA) is 140 Å². The monoisotopic (exact) mass is 786 g/mol. The van der Waals surface area contributed by atoms with Crippen molar-refractivity contribution in [2.75, 3.05) is 33.3 Å². The number of halogens is 1. The lowest BCUT2D eigenvalue weighted by Crippen LogP contribution is -2.49. The molecule has 3 aliphatic rings. The smallest absolute Gasteiger partial charge is 0.407 e. The average Bonchev–Trinajstić information content (AvgIpc) is 3.72. The molecule has 2 aliphatic heterocycles. The van der Waals surface area contributed by atoms with Crippen LogP contribution in [0.2, 0.25) is 0 Å². The van der Waals surface area contributed by atoms with Crippen LogP contribution < -0.4 is 5.32 Å². The molecule has 12 nitrogen and oxygen atoms in total. The van der Waals surface area contributed by atoms with Gasteiger partial charge in [0.05, 0.1) is 43.0 Å². The first-order valence-corrected chi connectivity index (χ1v) is 20.5. The third-order valence-electron chi connectivity index (χ3n) is 12.0. The molecule has 3 fully saturated rings. The highest BCUT2D eigenvalue weighted by Gasteiger charge is 2.43. The molecule has 0 spiro atoms. The van der Waals surface area contributed by atoms with E-state index in [-0.39, 0.29) is 35.9 Å². The van der Waals surface area contributed by atoms with Crippen LogP contribution in [0.15, 0.2) is 85.2 Å². The Hall–Kier alpha value is -5.82. The zero-order valence-electron chi connectivity index (χ0n) is 33.3. The number of methoxy groups -OCH3 is 1. The summed E-state index contributed by atoms with van der Waals surface area (Å²) >= 11 is 0. The molecule has 8 rings (SSSR count). The van der Waals surface area contributed by atoms with Crippen LogP contribution in [0.1, 0.15) is 87.7 Å². The average molecular weight is 787 g/mol. The van der Waals surface area contributed by atoms with Crippen molar-refractivity contribution in [1.29, 1.82) is 0 Å². The van der Waals surface area contributed by atoms with Gasteiger partial charge in [-0.15, -0.1) is 0 Å². The Labute approximate surface area is 338 Å². The molecule has 302 valence electrons. The fraction of sp³-hybridized carbons (Fsp3) is 0.400. The minimum atomic E-state index is -0.630. The highest BCUT2D eigenvalue weighted by atomic mass is 19.1. The molecule has 2 aromatic heterocycles. The van der Waals surface area contributed by atoms with E-state index in [0.29, 0.717) is 30.2 Å². The van der Waals surface area contributed by atoms with E-state index in [1.807, 2.05) is 71.8 Å². The number of benzene rings is 3. The molecule has 0 radical (unpaired) electrons. The number of hydrogen-bond acceptors (Lipinski definition) is 7. The van der Waals surface area contributed by atoms with Gasteiger partial charge in [0.15, 0.2) is 0 Å². The van der Waals surface area contributed by atoms with Gasteiger partial charge >= 0.3 is 6.09 Å². The molecule has 0 bridgehead atoms. The first kappa shape index (κ1) is 39.0. The van der Waals surface area contributed by atoms with E-state index in [4.69, 9.17) is 9.72 Å². The fourth-order valence-corrected chi connectivity index (χ4v) is 8.75. The molecular weight excluding hydrogens is 736 g/mol. The summed E-state index contributed by atoms with van der Waals surface area (Å²) in [5.74, 6) is 1.05. The zero-order valence-corrected chi connectivity index (χ0v) is 33.3. The summed E-state index contributed by atoms with van der Waals surface area (Å²) in [4.78, 5) is 61.9. The number of alkyl carbamates (subject to hydrolysis) is 1. The van der Waals surface area contributed by atoms with Crippen molar-refractivity contribution in [3.05, 3.63) is 108 Å². The summed E-state index contributed by atoms with van der Waals surface area (Å²) in [6.45, 7) is 6.98. The second-order valence-electron chi connectivity index (χ2n) is 15.5. The van der Waals surface area contributed by atoms with Crippen molar-refractivity contribution < 1.29 is 23.5 Å². The number of aromatic nitrogens is 4. The molecule has 1 aliphatic carbocycles. The maximum Gasteiger partial charge on any atom is 0.407 e. The van der Waals surface area contributed by atoms with E-state index in [2.05, 4.69) is 39.0 Å². The molecule has 2 saturated heterocycles. The van der Waals surface area contributed by atoms with Gasteiger partial charge < -0.3 is 29.8 Å². The fourth-order valence-electron chi connectivity index (χ4n) is 8.75. The number of amides is 3. The molecule has 13 heteroatoms. The van der Waals surface area contributed by atoms with Gasteiger partial charge in [-0.05, 0) is 91.9 Å². The normalized spacial score (nSPS) is 19.1. The lowest BCUT2D eigenvalue weighted by atomic mass is 10.0. The number of ether oxygens (including phenoxy) is 1. The highest BCUT2D eigenvalue weighted by Crippen LogP contribution is 2.39. The van der Waals surface area contributed by atoms with Crippen LogP contribution in [0.4, 0.5) is 9.18 Å². The predicted molar refractivity (Wildman–Crippen MR) is 219 cm³/mol. The highest BCUT2D eigenvalue weighted by molar-refractivity contribution is 5.87. The zero-order chi connectivity index (χ0) is 40.3. The van der Waals surface area contributed by atoms with Gasteiger partial charge in [0.25, 0.3) is 0 Å². The lowest BCUT2D eigenvalue weighted by molar-refractivity contribution is -0.138. The summed E-state index contributed by atoms with van der Waals surface area (Å²) in [6.07, 6.45) is 7.86. The quantitative estimate of drug-likeness (QED) is 0.111. The van der Waals surface area contributed by atoms with Crippen LogP contribution in [0.25, 0.3) is 33.6 Å². The number of nitrogens with one attached hydrogen (secondary N) is 3. The summed E-state index contributed by atoms with van der Waals surface area (Å²) in [5.41, 5.74) is 5.30. The molecule has 3 N–H and O–H groups in total. The van der Waals surface area contributed by atoms with Gasteiger partial charge in [-0.1, -0.05) is 74.5 Å². The van der Waals surface area contributed by atoms with Gasteiger partial charge in [0, 0.05) is 18.7 Å². The minimum absolute atomic E-state index is 0.102. The number of carbonyl (C=O) groups is 3. The first-order chi connectivity index (χ1) is 28.3. The number of likely N-dealkylation sites (N-methyl/N-ethyl adjacent to an activating group) is 1. The number of likely N-dealkylation sites (tertiary alicyclic amines) is 2. The standard InChI is InChI=1S/C45H51FN8O4/c1-4-52(5-2)40(31-11-7-6-8-12-31)44(56)54-24-10-14-38(54)41-47-26-35(49-41)29-17-15-28(16-18-29)32-21-22-33(34(46)25-32)36-27-48-42(50-36)37-13-9-23-53(37)43(55)39(30-19-20-30)51-45(57)58-3/h6-8,11-12,15-18,21-22,25-27,30,37-40H,4-5,9-10,13-14,19-20,23-24H2,1-3H3,(H,47,49)(H,48,50)(H,51,57)/t37-,38-,39-,40+/m0/s1. The van der Waals surface area contributed by atoms with E-state index in [9.17, 15) is 14.4 Å². The number of imidazole rings is 2. The number of carbonyl (C=O) groups excluding carboxylic acids is 3. The molecule has 3 amide bonds. The number of hydrogen-bond donors (Lipinski definition) is 3. The Balaban J connectivity index is 0.943. The second-order valence-corrected chi connectivity index (χ2v) is 15.5. The maximum absolute atomic E-state index is 15.8. The largest absolute Gasteiger partial charge is 0.453 e. The summed E-state index contributed by atoms with van der Waals surface area (Å²) in [6, 6.07) is 21.7. The van der Waals surface area contributed by atoms with Crippen molar-refractivity contribution in [2.45, 2.75) is 76.5 Å². The van der Waals surface area contributed by atoms with Gasteiger partial charge in [-0.2, -0.15) is 0 Å². The van der Waals surface area contributed by atoms with Crippen LogP contribution >= 0.6 is 0 Å². The minimum Gasteiger partial charge on any atom is -0.453 e. The van der Waals surface area contributed by atoms with Gasteiger partial charge in [0.1, 0.15) is 29.5 Å². The third-order valence-corrected chi connectivity index (χ3v) is 12.0. The van der Waals surface area contributed by atoms with Gasteiger partial charge in [-0.25, -0.2) is 19.2 Å². The summed E-state index contributed by atoms with van der Waals surface area (Å²) in [5, 5.41) is 2.73. The maximum atomic E-state index is 15.8. The van der Waals surface area contributed by atoms with E-state index in [1.54, 1.807) is 17.2 Å². The Morgan fingerprint density at radius 2 is 1.38 bits per heavy atom. The van der Waals surface area contributed by atoms with Crippen molar-refractivity contribution in [3.63, 3.8) is 0 Å². The van der Waals surface area contributed by atoms with E-state index >= 15 is 4.39 Å². The van der Waals surface area contributed by atoms with Crippen molar-refractivity contribution in [3.8, 4) is 33.6 Å². The predicted octanol–water partition coefficient (Wildman–Crippen LogP) is 7.82. The third kappa shape index (κ3) is 7.87. The van der Waals surface area contributed by atoms with Crippen LogP contribution in [0.5, 0.6) is 0 Å². The Kier molecular flexibility index (Phi) is 11.4. The first-order valence-electron chi connectivity index (χ1n) is 20.5. The SMILES string of the molecule is CCN(CC)[C@@H](C(=O)N1CCC[C@H]1c1ncc(-c2ccc(-c3ccc(-c4cnc([C@@H]5CCCN5C(=O)[C@@H](NC(=O)OC)C5CC5)[nH]4)c(F)c3)cc2)[nH]1)c1ccccc1. The Morgan fingerprint density at radius 3 is 1.98 bits per heavy atom. The van der Waals surface area contributed by atoms with E-state index in [1.165, 1.54) is 13.2 Å². The van der Waals surface area contributed by atoms with E-state index in [0.717, 1.165) is 85.4 Å². The van der Waals surface area contributed by atoms with Crippen LogP contribution in [-0.4, -0.2) is 91.9 Å². The second kappa shape index (κ2) is 17.0. The van der Waals surface area contributed by atoms with Gasteiger partial charge in [-0.3, -0.25) is 14.5 Å². The summed E-state index contributed by atoms with van der Waals surface area (Å²) < 4.78 is 20.5. The molecule has 3 aromatic carbocycles. The number of nitrogens with zero attached hydrogens (tertiary/aromatic N) is 5. The van der Waals surface area contributed by atoms with Crippen LogP contribution in [-0.2, 0) is 14.3 Å². The number of rotatable bonds is 13. The summed E-state index contributed by atoms with van der Waals surface area (Å²) in [7, 11) is 1.29. The number of aromatic amines is 2. The molecule has 58 heavy (non-hydrogen) atoms. The van der Waals surface area contributed by atoms with Gasteiger partial charge in [0.2, 0.25) is 11.8 Å². The van der Waals surface area contributed by atoms with E-state index < -0.39 is 18.0 Å². The van der Waals surface area contributed by atoms with Crippen molar-refractivity contribution in [2.24, 2.45) is 5.92 Å². The lowest BCUT2D eigenvalue weighted by Gasteiger charge is -2.34. The van der Waals surface area contributed by atoms with Crippen molar-refractivity contribution in [1.82, 2.24) is 40.0 Å². The molecule has 0 unspecified atom stereocenters. The molecule has 5 aromatic rings. The van der Waals surface area contributed by atoms with Crippen LogP contribution in [0, 0.1) is 11.7 Å². The molecule has 1 saturated carbocycles. The molecule has 4 atom stereocenters. The Morgan fingerprint density at radius 1 is 0.793 bits per heavy atom. The molecular formula is C45H51FN8O4. The molecule has 4 heterocycles. The Bertz CT molecular complexity index is 2230. The van der Waals surface area contributed by atoms with Crippen LogP contribution in [0.3, 0.4) is 0 Å². The number of H-pyrrole nitrogens is 2. The van der Waals surface area contributed by atoms with Crippen molar-refractivity contribution >= 4 is 17.9 Å².